The van der Waals surface area contributed by atoms with Crippen LogP contribution in [-0.4, -0.2) is 36.5 Å². The molecule has 8 heteroatoms. The van der Waals surface area contributed by atoms with E-state index in [-0.39, 0.29) is 42.3 Å². The molecule has 24 heavy (non-hydrogen) atoms. The summed E-state index contributed by atoms with van der Waals surface area (Å²) in [4.78, 5) is 25.1. The van der Waals surface area contributed by atoms with Crippen molar-refractivity contribution in [3.05, 3.63) is 29.1 Å². The molecule has 1 atom stereocenters. The molecule has 1 fully saturated rings. The van der Waals surface area contributed by atoms with Gasteiger partial charge in [0, 0.05) is 19.6 Å². The molecule has 6 nitrogen and oxygen atoms in total. The minimum atomic E-state index is -0.519. The fraction of sp³-hybridized carbons (Fsp3) is 0.500. The zero-order chi connectivity index (χ0) is 16.4. The summed E-state index contributed by atoms with van der Waals surface area (Å²) in [6.45, 7) is 2.24. The molecule has 0 saturated carbocycles. The topological polar surface area (TPSA) is 87.5 Å². The van der Waals surface area contributed by atoms with Crippen LogP contribution in [0, 0.1) is 11.7 Å². The monoisotopic (exact) mass is 356 g/mol. The van der Waals surface area contributed by atoms with Crippen molar-refractivity contribution in [3.63, 3.8) is 0 Å². The molecule has 2 heterocycles. The number of likely N-dealkylation sites (tertiary alicyclic amines) is 1. The standard InChI is InChI=1S/C16H21FN4O2.ClH/c17-14-12-5-6-19-8-10(12)3-4-13(14)20-15(22)11-2-1-7-21(9-11)16(18)23;/h3-4,11,19H,1-2,5-9H2,(H2,18,23)(H,20,22);1H. The van der Waals surface area contributed by atoms with Crippen molar-refractivity contribution in [2.24, 2.45) is 11.7 Å². The van der Waals surface area contributed by atoms with Crippen molar-refractivity contribution in [1.82, 2.24) is 10.2 Å². The van der Waals surface area contributed by atoms with Crippen LogP contribution in [0.5, 0.6) is 0 Å². The maximum Gasteiger partial charge on any atom is 0.314 e. The number of anilines is 1. The Kier molecular flexibility index (Phi) is 6.01. The first kappa shape index (κ1) is 18.5. The number of benzene rings is 1. The summed E-state index contributed by atoms with van der Waals surface area (Å²) in [5, 5.41) is 5.87. The predicted molar refractivity (Wildman–Crippen MR) is 91.6 cm³/mol. The van der Waals surface area contributed by atoms with Gasteiger partial charge in [0.2, 0.25) is 5.91 Å². The number of fused-ring (bicyclic) bond motifs is 1. The predicted octanol–water partition coefficient (Wildman–Crippen LogP) is 1.62. The quantitative estimate of drug-likeness (QED) is 0.752. The molecule has 0 aromatic heterocycles. The molecule has 1 aromatic carbocycles. The van der Waals surface area contributed by atoms with E-state index >= 15 is 0 Å². The van der Waals surface area contributed by atoms with Crippen molar-refractivity contribution in [3.8, 4) is 0 Å². The van der Waals surface area contributed by atoms with Gasteiger partial charge in [-0.3, -0.25) is 4.79 Å². The molecule has 2 aliphatic heterocycles. The fourth-order valence-corrected chi connectivity index (χ4v) is 3.26. The van der Waals surface area contributed by atoms with Crippen molar-refractivity contribution >= 4 is 30.0 Å². The number of halogens is 2. The second-order valence-electron chi connectivity index (χ2n) is 6.10. The zero-order valence-electron chi connectivity index (χ0n) is 13.3. The maximum atomic E-state index is 14.6. The first-order chi connectivity index (χ1) is 11.1. The molecule has 4 N–H and O–H groups in total. The molecule has 0 bridgehead atoms. The Morgan fingerprint density at radius 3 is 2.92 bits per heavy atom. The van der Waals surface area contributed by atoms with Crippen molar-refractivity contribution in [1.29, 1.82) is 0 Å². The molecule has 3 amide bonds. The van der Waals surface area contributed by atoms with Gasteiger partial charge in [0.1, 0.15) is 5.82 Å². The number of carbonyl (C=O) groups is 2. The molecule has 3 rings (SSSR count). The number of primary amides is 1. The summed E-state index contributed by atoms with van der Waals surface area (Å²) in [6.07, 6.45) is 2.01. The van der Waals surface area contributed by atoms with E-state index in [1.807, 2.05) is 6.07 Å². The lowest BCUT2D eigenvalue weighted by atomic mass is 9.96. The minimum absolute atomic E-state index is 0. The van der Waals surface area contributed by atoms with Crippen LogP contribution in [0.4, 0.5) is 14.9 Å². The number of piperidine rings is 1. The van der Waals surface area contributed by atoms with E-state index in [1.165, 1.54) is 4.90 Å². The van der Waals surface area contributed by atoms with Crippen LogP contribution in [0.1, 0.15) is 24.0 Å². The second kappa shape index (κ2) is 7.81. The lowest BCUT2D eigenvalue weighted by Gasteiger charge is -2.30. The van der Waals surface area contributed by atoms with Crippen LogP contribution in [-0.2, 0) is 17.8 Å². The number of hydrogen-bond acceptors (Lipinski definition) is 3. The molecule has 2 aliphatic rings. The number of rotatable bonds is 2. The van der Waals surface area contributed by atoms with Crippen LogP contribution < -0.4 is 16.4 Å². The summed E-state index contributed by atoms with van der Waals surface area (Å²) < 4.78 is 14.6. The highest BCUT2D eigenvalue weighted by Gasteiger charge is 2.28. The first-order valence-electron chi connectivity index (χ1n) is 7.92. The van der Waals surface area contributed by atoms with Crippen molar-refractivity contribution in [2.45, 2.75) is 25.8 Å². The van der Waals surface area contributed by atoms with Gasteiger partial charge >= 0.3 is 6.03 Å². The molecule has 0 radical (unpaired) electrons. The van der Waals surface area contributed by atoms with Crippen LogP contribution >= 0.6 is 12.4 Å². The lowest BCUT2D eigenvalue weighted by Crippen LogP contribution is -2.46. The van der Waals surface area contributed by atoms with Gasteiger partial charge in [0.05, 0.1) is 11.6 Å². The average molecular weight is 357 g/mol. The highest BCUT2D eigenvalue weighted by atomic mass is 35.5. The molecule has 1 aromatic rings. The number of nitrogens with zero attached hydrogens (tertiary/aromatic N) is 1. The van der Waals surface area contributed by atoms with Crippen LogP contribution in [0.3, 0.4) is 0 Å². The third-order valence-electron chi connectivity index (χ3n) is 4.57. The third-order valence-corrected chi connectivity index (χ3v) is 4.57. The Labute approximate surface area is 146 Å². The fourth-order valence-electron chi connectivity index (χ4n) is 3.26. The number of nitrogens with one attached hydrogen (secondary N) is 2. The average Bonchev–Trinajstić information content (AvgIpc) is 2.57. The highest BCUT2D eigenvalue weighted by Crippen LogP contribution is 2.26. The first-order valence-corrected chi connectivity index (χ1v) is 7.92. The van der Waals surface area contributed by atoms with E-state index in [4.69, 9.17) is 5.73 Å². The van der Waals surface area contributed by atoms with Crippen LogP contribution in [0.2, 0.25) is 0 Å². The summed E-state index contributed by atoms with van der Waals surface area (Å²) in [6, 6.07) is 2.93. The number of nitrogens with two attached hydrogens (primary N) is 1. The largest absolute Gasteiger partial charge is 0.351 e. The minimum Gasteiger partial charge on any atom is -0.351 e. The number of urea groups is 1. The van der Waals surface area contributed by atoms with Gasteiger partial charge in [-0.25, -0.2) is 9.18 Å². The Bertz CT molecular complexity index is 641. The number of hydrogen-bond donors (Lipinski definition) is 3. The maximum absolute atomic E-state index is 14.6. The smallest absolute Gasteiger partial charge is 0.314 e. The molecular weight excluding hydrogens is 335 g/mol. The van der Waals surface area contributed by atoms with Gasteiger partial charge in [0.15, 0.2) is 0 Å². The highest BCUT2D eigenvalue weighted by molar-refractivity contribution is 5.93. The van der Waals surface area contributed by atoms with Crippen LogP contribution in [0.25, 0.3) is 0 Å². The normalized spacial score (nSPS) is 19.9. The molecular formula is C16H22ClFN4O2. The summed E-state index contributed by atoms with van der Waals surface area (Å²) in [7, 11) is 0. The van der Waals surface area contributed by atoms with E-state index in [0.29, 0.717) is 31.5 Å². The zero-order valence-corrected chi connectivity index (χ0v) is 14.1. The molecule has 0 aliphatic carbocycles. The summed E-state index contributed by atoms with van der Waals surface area (Å²) >= 11 is 0. The second-order valence-corrected chi connectivity index (χ2v) is 6.10. The van der Waals surface area contributed by atoms with Crippen molar-refractivity contribution in [2.75, 3.05) is 25.0 Å². The SMILES string of the molecule is Cl.NC(=O)N1CCCC(C(=O)Nc2ccc3c(c2F)CCNC3)C1. The number of amides is 3. The van der Waals surface area contributed by atoms with E-state index in [1.54, 1.807) is 6.07 Å². The van der Waals surface area contributed by atoms with E-state index in [9.17, 15) is 14.0 Å². The van der Waals surface area contributed by atoms with Gasteiger partial charge in [-0.05, 0) is 43.0 Å². The summed E-state index contributed by atoms with van der Waals surface area (Å²) in [5.74, 6) is -0.961. The van der Waals surface area contributed by atoms with Gasteiger partial charge in [-0.1, -0.05) is 6.07 Å². The Hall–Kier alpha value is -1.86. The Morgan fingerprint density at radius 1 is 1.38 bits per heavy atom. The lowest BCUT2D eigenvalue weighted by molar-refractivity contribution is -0.121. The molecule has 0 spiro atoms. The summed E-state index contributed by atoms with van der Waals surface area (Å²) in [5.41, 5.74) is 7.09. The van der Waals surface area contributed by atoms with E-state index < -0.39 is 6.03 Å². The van der Waals surface area contributed by atoms with E-state index in [2.05, 4.69) is 10.6 Å². The molecule has 1 saturated heterocycles. The van der Waals surface area contributed by atoms with Gasteiger partial charge in [-0.15, -0.1) is 12.4 Å². The molecule has 1 unspecified atom stereocenters. The molecule has 132 valence electrons. The van der Waals surface area contributed by atoms with Gasteiger partial charge in [-0.2, -0.15) is 0 Å². The Morgan fingerprint density at radius 2 is 2.17 bits per heavy atom. The van der Waals surface area contributed by atoms with Gasteiger partial charge in [0.25, 0.3) is 0 Å². The van der Waals surface area contributed by atoms with Crippen LogP contribution in [0.15, 0.2) is 12.1 Å². The van der Waals surface area contributed by atoms with Crippen molar-refractivity contribution < 1.29 is 14.0 Å². The number of carbonyl (C=O) groups excluding carboxylic acids is 2. The van der Waals surface area contributed by atoms with Gasteiger partial charge < -0.3 is 21.3 Å². The van der Waals surface area contributed by atoms with E-state index in [0.717, 1.165) is 18.5 Å². The third kappa shape index (κ3) is 3.79. The Balaban J connectivity index is 0.00000208.